The minimum atomic E-state index is -0.982. The molecule has 2 atom stereocenters. The molecule has 3 rings (SSSR count). The maximum atomic E-state index is 11.4. The van der Waals surface area contributed by atoms with Gasteiger partial charge in [-0.1, -0.05) is 24.9 Å². The van der Waals surface area contributed by atoms with Gasteiger partial charge in [-0.3, -0.25) is 0 Å². The normalized spacial score (nSPS) is 32.4. The third-order valence-electron chi connectivity index (χ3n) is 4.95. The van der Waals surface area contributed by atoms with E-state index in [2.05, 4.69) is 13.8 Å². The van der Waals surface area contributed by atoms with E-state index in [4.69, 9.17) is 16.3 Å². The molecule has 1 heterocycles. The van der Waals surface area contributed by atoms with Crippen molar-refractivity contribution in [3.05, 3.63) is 28.3 Å². The lowest BCUT2D eigenvalue weighted by molar-refractivity contribution is 0.00668. The van der Waals surface area contributed by atoms with Gasteiger partial charge in [-0.25, -0.2) is 4.79 Å². The number of hydrogen-bond donors (Lipinski definition) is 1. The topological polar surface area (TPSA) is 46.5 Å². The largest absolute Gasteiger partial charge is 0.485 e. The zero-order chi connectivity index (χ0) is 13.8. The zero-order valence-corrected chi connectivity index (χ0v) is 11.9. The molecule has 0 saturated heterocycles. The third-order valence-corrected chi connectivity index (χ3v) is 5.17. The van der Waals surface area contributed by atoms with E-state index < -0.39 is 5.97 Å². The highest BCUT2D eigenvalue weighted by Crippen LogP contribution is 2.57. The summed E-state index contributed by atoms with van der Waals surface area (Å²) in [7, 11) is 0. The van der Waals surface area contributed by atoms with Gasteiger partial charge in [0.25, 0.3) is 0 Å². The Hall–Kier alpha value is -1.22. The molecule has 4 heteroatoms. The molecule has 0 amide bonds. The molecule has 1 aromatic rings. The highest BCUT2D eigenvalue weighted by Gasteiger charge is 2.56. The van der Waals surface area contributed by atoms with Crippen molar-refractivity contribution in [3.63, 3.8) is 0 Å². The van der Waals surface area contributed by atoms with Gasteiger partial charge in [0.05, 0.1) is 0 Å². The summed E-state index contributed by atoms with van der Waals surface area (Å²) in [6.07, 6.45) is 4.23. The number of fused-ring (bicyclic) bond motifs is 3. The van der Waals surface area contributed by atoms with E-state index in [9.17, 15) is 9.90 Å². The van der Waals surface area contributed by atoms with Crippen LogP contribution in [0.25, 0.3) is 0 Å². The summed E-state index contributed by atoms with van der Waals surface area (Å²) in [6.45, 7) is 4.26. The van der Waals surface area contributed by atoms with Crippen LogP contribution in [0.1, 0.15) is 55.5 Å². The first-order valence-electron chi connectivity index (χ1n) is 6.64. The highest BCUT2D eigenvalue weighted by atomic mass is 35.5. The van der Waals surface area contributed by atoms with Gasteiger partial charge < -0.3 is 9.84 Å². The number of carboxylic acids is 1. The fourth-order valence-electron chi connectivity index (χ4n) is 3.56. The molecule has 0 bridgehead atoms. The van der Waals surface area contributed by atoms with Crippen LogP contribution in [0.2, 0.25) is 5.02 Å². The number of aromatic carboxylic acids is 1. The van der Waals surface area contributed by atoms with E-state index >= 15 is 0 Å². The summed E-state index contributed by atoms with van der Waals surface area (Å²) in [4.78, 5) is 11.4. The molecule has 0 radical (unpaired) electrons. The average molecular weight is 281 g/mol. The van der Waals surface area contributed by atoms with Gasteiger partial charge in [0.15, 0.2) is 0 Å². The molecule has 1 aliphatic carbocycles. The van der Waals surface area contributed by atoms with Crippen molar-refractivity contribution >= 4 is 17.6 Å². The number of halogens is 1. The van der Waals surface area contributed by atoms with Crippen LogP contribution < -0.4 is 4.74 Å². The van der Waals surface area contributed by atoms with E-state index in [-0.39, 0.29) is 16.6 Å². The molecule has 0 aromatic heterocycles. The number of hydrogen-bond acceptors (Lipinski definition) is 2. The van der Waals surface area contributed by atoms with Crippen LogP contribution in [-0.2, 0) is 5.41 Å². The minimum Gasteiger partial charge on any atom is -0.485 e. The first kappa shape index (κ1) is 12.8. The Balaban J connectivity index is 2.25. The van der Waals surface area contributed by atoms with Gasteiger partial charge in [0, 0.05) is 16.0 Å². The van der Waals surface area contributed by atoms with Crippen LogP contribution in [0.4, 0.5) is 0 Å². The summed E-state index contributed by atoms with van der Waals surface area (Å²) >= 11 is 6.09. The van der Waals surface area contributed by atoms with Crippen LogP contribution in [-0.4, -0.2) is 16.7 Å². The molecule has 1 fully saturated rings. The van der Waals surface area contributed by atoms with Crippen molar-refractivity contribution in [1.82, 2.24) is 0 Å². The van der Waals surface area contributed by atoms with Crippen molar-refractivity contribution in [2.24, 2.45) is 0 Å². The van der Waals surface area contributed by atoms with Gasteiger partial charge in [-0.2, -0.15) is 0 Å². The second-order valence-corrected chi connectivity index (χ2v) is 6.44. The fourth-order valence-corrected chi connectivity index (χ4v) is 3.78. The van der Waals surface area contributed by atoms with E-state index in [1.165, 1.54) is 6.07 Å². The fraction of sp³-hybridized carbons (Fsp3) is 0.533. The molecule has 102 valence electrons. The Morgan fingerprint density at radius 3 is 2.68 bits per heavy atom. The van der Waals surface area contributed by atoms with Gasteiger partial charge in [-0.05, 0) is 38.3 Å². The predicted octanol–water partition coefficient (Wildman–Crippen LogP) is 4.02. The Morgan fingerprint density at radius 2 is 2.00 bits per heavy atom. The molecule has 1 aliphatic heterocycles. The van der Waals surface area contributed by atoms with Crippen molar-refractivity contribution < 1.29 is 14.6 Å². The maximum Gasteiger partial charge on any atom is 0.339 e. The van der Waals surface area contributed by atoms with E-state index in [1.54, 1.807) is 0 Å². The summed E-state index contributed by atoms with van der Waals surface area (Å²) in [5.41, 5.74) is 0.678. The lowest BCUT2D eigenvalue weighted by Crippen LogP contribution is -2.49. The standard InChI is InChI=1S/C15H17ClO3/c1-14-5-3-4-6-15(14,2)19-12-10(13(17)18)7-9(16)8-11(12)14/h7-8H,3-6H2,1-2H3,(H,17,18)/t14-,15-/m1/s1. The summed E-state index contributed by atoms with van der Waals surface area (Å²) in [6, 6.07) is 3.35. The maximum absolute atomic E-state index is 11.4. The molecular formula is C15H17ClO3. The number of carbonyl (C=O) groups is 1. The van der Waals surface area contributed by atoms with Crippen LogP contribution in [0.15, 0.2) is 12.1 Å². The van der Waals surface area contributed by atoms with E-state index in [0.717, 1.165) is 31.2 Å². The second-order valence-electron chi connectivity index (χ2n) is 6.01. The van der Waals surface area contributed by atoms with E-state index in [1.807, 2.05) is 6.07 Å². The molecule has 3 nitrogen and oxygen atoms in total. The van der Waals surface area contributed by atoms with Crippen LogP contribution >= 0.6 is 11.6 Å². The molecule has 2 aliphatic rings. The molecule has 0 unspecified atom stereocenters. The Morgan fingerprint density at radius 1 is 1.32 bits per heavy atom. The lowest BCUT2D eigenvalue weighted by Gasteiger charge is -2.43. The zero-order valence-electron chi connectivity index (χ0n) is 11.1. The van der Waals surface area contributed by atoms with Crippen molar-refractivity contribution in [2.75, 3.05) is 0 Å². The Kier molecular flexibility index (Phi) is 2.62. The van der Waals surface area contributed by atoms with Crippen molar-refractivity contribution in [2.45, 2.75) is 50.5 Å². The minimum absolute atomic E-state index is 0.143. The predicted molar refractivity (Wildman–Crippen MR) is 73.3 cm³/mol. The SMILES string of the molecule is C[C@@]12CCCC[C@]1(C)c1cc(Cl)cc(C(=O)O)c1O2. The van der Waals surface area contributed by atoms with Crippen molar-refractivity contribution in [1.29, 1.82) is 0 Å². The molecule has 1 saturated carbocycles. The second kappa shape index (κ2) is 3.89. The quantitative estimate of drug-likeness (QED) is 0.845. The highest BCUT2D eigenvalue weighted by molar-refractivity contribution is 6.31. The van der Waals surface area contributed by atoms with Crippen LogP contribution in [0, 0.1) is 0 Å². The van der Waals surface area contributed by atoms with Gasteiger partial charge >= 0.3 is 5.97 Å². The number of rotatable bonds is 1. The molecule has 1 aromatic carbocycles. The first-order chi connectivity index (χ1) is 8.87. The average Bonchev–Trinajstić information content (AvgIpc) is 2.57. The molecule has 1 N–H and O–H groups in total. The van der Waals surface area contributed by atoms with E-state index in [0.29, 0.717) is 10.8 Å². The van der Waals surface area contributed by atoms with Crippen LogP contribution in [0.5, 0.6) is 5.75 Å². The first-order valence-corrected chi connectivity index (χ1v) is 7.01. The number of carboxylic acid groups (broad SMARTS) is 1. The smallest absolute Gasteiger partial charge is 0.339 e. The Bertz CT molecular complexity index is 569. The monoisotopic (exact) mass is 280 g/mol. The van der Waals surface area contributed by atoms with Gasteiger partial charge in [-0.15, -0.1) is 0 Å². The summed E-state index contributed by atoms with van der Waals surface area (Å²) in [5.74, 6) is -0.464. The Labute approximate surface area is 117 Å². The number of ether oxygens (including phenoxy) is 1. The van der Waals surface area contributed by atoms with Crippen LogP contribution in [0.3, 0.4) is 0 Å². The van der Waals surface area contributed by atoms with Gasteiger partial charge in [0.2, 0.25) is 0 Å². The van der Waals surface area contributed by atoms with Crippen molar-refractivity contribution in [3.8, 4) is 5.75 Å². The summed E-state index contributed by atoms with van der Waals surface area (Å²) in [5, 5.41) is 9.80. The third kappa shape index (κ3) is 1.61. The molecule has 0 spiro atoms. The number of benzene rings is 1. The lowest BCUT2D eigenvalue weighted by atomic mass is 9.63. The molecule has 19 heavy (non-hydrogen) atoms. The molecular weight excluding hydrogens is 264 g/mol. The summed E-state index contributed by atoms with van der Waals surface area (Å²) < 4.78 is 6.11. The van der Waals surface area contributed by atoms with Gasteiger partial charge in [0.1, 0.15) is 16.9 Å².